The van der Waals surface area contributed by atoms with Gasteiger partial charge in [-0.2, -0.15) is 0 Å². The number of piperazine rings is 1. The lowest BCUT2D eigenvalue weighted by atomic mass is 10.2. The van der Waals surface area contributed by atoms with Crippen LogP contribution in [0, 0.1) is 0 Å². The van der Waals surface area contributed by atoms with Gasteiger partial charge in [0.2, 0.25) is 0 Å². The number of nitrogen functional groups attached to an aromatic ring is 2. The van der Waals surface area contributed by atoms with Crippen molar-refractivity contribution in [2.45, 2.75) is 0 Å². The monoisotopic (exact) mass is 319 g/mol. The number of nitrogens with zero attached hydrogens (tertiary/aromatic N) is 4. The smallest absolute Gasteiger partial charge is 0.168 e. The summed E-state index contributed by atoms with van der Waals surface area (Å²) in [6, 6.07) is 7.89. The van der Waals surface area contributed by atoms with Gasteiger partial charge < -0.3 is 21.0 Å². The van der Waals surface area contributed by atoms with E-state index >= 15 is 0 Å². The van der Waals surface area contributed by atoms with Gasteiger partial charge >= 0.3 is 0 Å². The molecule has 7 nitrogen and oxygen atoms in total. The molecule has 0 atom stereocenters. The summed E-state index contributed by atoms with van der Waals surface area (Å²) in [5.41, 5.74) is 10.1. The Bertz CT molecular complexity index is 655. The van der Waals surface area contributed by atoms with Gasteiger partial charge in [-0.3, -0.25) is 0 Å². The maximum absolute atomic E-state index is 6.05. The van der Waals surface area contributed by atoms with E-state index in [0.29, 0.717) is 17.3 Å². The van der Waals surface area contributed by atoms with Crippen molar-refractivity contribution in [2.75, 3.05) is 47.1 Å². The third-order valence-corrected chi connectivity index (χ3v) is 3.99. The molecule has 8 heteroatoms. The quantitative estimate of drug-likeness (QED) is 0.580. The summed E-state index contributed by atoms with van der Waals surface area (Å²) in [7, 11) is 0. The molecule has 5 N–H and O–H groups in total. The van der Waals surface area contributed by atoms with Crippen LogP contribution in [0.5, 0.6) is 0 Å². The average Bonchev–Trinajstić information content (AvgIpc) is 2.55. The first-order valence-corrected chi connectivity index (χ1v) is 7.39. The summed E-state index contributed by atoms with van der Waals surface area (Å²) >= 11 is 6.05. The van der Waals surface area contributed by atoms with Gasteiger partial charge in [-0.05, 0) is 18.2 Å². The van der Waals surface area contributed by atoms with E-state index < -0.39 is 0 Å². The molecule has 0 spiro atoms. The van der Waals surface area contributed by atoms with Gasteiger partial charge in [-0.1, -0.05) is 17.7 Å². The standard InChI is InChI=1S/C14H18ClN7/c15-10-2-1-3-11(8-10)21-4-6-22(7-5-21)14-12(16)13(20-17)18-9-19-14/h1-3,8-9H,4-7,16-17H2,(H,18,19,20). The minimum absolute atomic E-state index is 0.447. The largest absolute Gasteiger partial charge is 0.393 e. The highest BCUT2D eigenvalue weighted by molar-refractivity contribution is 6.30. The van der Waals surface area contributed by atoms with Crippen LogP contribution < -0.4 is 26.8 Å². The van der Waals surface area contributed by atoms with Crippen LogP contribution in [0.3, 0.4) is 0 Å². The normalized spacial score (nSPS) is 15.0. The fraction of sp³-hybridized carbons (Fsp3) is 0.286. The van der Waals surface area contributed by atoms with Gasteiger partial charge in [0.15, 0.2) is 11.6 Å². The predicted octanol–water partition coefficient (Wildman–Crippen LogP) is 1.32. The molecule has 0 aliphatic carbocycles. The van der Waals surface area contributed by atoms with Crippen molar-refractivity contribution in [3.63, 3.8) is 0 Å². The molecular formula is C14H18ClN7. The third-order valence-electron chi connectivity index (χ3n) is 3.75. The molecule has 0 bridgehead atoms. The molecule has 1 saturated heterocycles. The van der Waals surface area contributed by atoms with Crippen LogP contribution in [0.2, 0.25) is 5.02 Å². The molecule has 3 rings (SSSR count). The molecule has 1 fully saturated rings. The Morgan fingerprint density at radius 1 is 1.09 bits per heavy atom. The van der Waals surface area contributed by atoms with Crippen LogP contribution in [0.15, 0.2) is 30.6 Å². The summed E-state index contributed by atoms with van der Waals surface area (Å²) in [6.07, 6.45) is 1.46. The van der Waals surface area contributed by atoms with Crippen molar-refractivity contribution in [2.24, 2.45) is 5.84 Å². The van der Waals surface area contributed by atoms with E-state index in [4.69, 9.17) is 23.2 Å². The second-order valence-corrected chi connectivity index (χ2v) is 5.49. The maximum atomic E-state index is 6.05. The molecule has 2 heterocycles. The van der Waals surface area contributed by atoms with Gasteiger partial charge in [0, 0.05) is 36.9 Å². The van der Waals surface area contributed by atoms with E-state index in [-0.39, 0.29) is 0 Å². The van der Waals surface area contributed by atoms with Gasteiger partial charge in [-0.25, -0.2) is 15.8 Å². The van der Waals surface area contributed by atoms with Crippen LogP contribution in [0.1, 0.15) is 0 Å². The Morgan fingerprint density at radius 2 is 1.82 bits per heavy atom. The highest BCUT2D eigenvalue weighted by Crippen LogP contribution is 2.27. The molecule has 1 aromatic heterocycles. The van der Waals surface area contributed by atoms with Crippen LogP contribution in [-0.2, 0) is 0 Å². The third kappa shape index (κ3) is 2.86. The molecule has 0 radical (unpaired) electrons. The number of halogens is 1. The molecule has 0 unspecified atom stereocenters. The lowest BCUT2D eigenvalue weighted by Gasteiger charge is -2.37. The molecule has 2 aromatic rings. The van der Waals surface area contributed by atoms with Crippen LogP contribution in [0.4, 0.5) is 23.0 Å². The Morgan fingerprint density at radius 3 is 2.50 bits per heavy atom. The van der Waals surface area contributed by atoms with Crippen LogP contribution in [0.25, 0.3) is 0 Å². The SMILES string of the molecule is NNc1ncnc(N2CCN(c3cccc(Cl)c3)CC2)c1N. The van der Waals surface area contributed by atoms with Crippen molar-refractivity contribution in [1.82, 2.24) is 9.97 Å². The van der Waals surface area contributed by atoms with E-state index in [1.807, 2.05) is 18.2 Å². The zero-order chi connectivity index (χ0) is 15.5. The van der Waals surface area contributed by atoms with Gasteiger partial charge in [0.05, 0.1) is 0 Å². The van der Waals surface area contributed by atoms with Gasteiger partial charge in [0.1, 0.15) is 12.0 Å². The summed E-state index contributed by atoms with van der Waals surface area (Å²) in [6.45, 7) is 3.37. The Labute approximate surface area is 133 Å². The first-order valence-electron chi connectivity index (χ1n) is 7.01. The lowest BCUT2D eigenvalue weighted by molar-refractivity contribution is 0.647. The number of nitrogens with two attached hydrogens (primary N) is 2. The van der Waals surface area contributed by atoms with Crippen molar-refractivity contribution < 1.29 is 0 Å². The maximum Gasteiger partial charge on any atom is 0.168 e. The number of rotatable bonds is 3. The fourth-order valence-electron chi connectivity index (χ4n) is 2.60. The number of hydrogen-bond acceptors (Lipinski definition) is 7. The van der Waals surface area contributed by atoms with Crippen LogP contribution >= 0.6 is 11.6 Å². The fourth-order valence-corrected chi connectivity index (χ4v) is 2.79. The zero-order valence-electron chi connectivity index (χ0n) is 12.0. The first kappa shape index (κ1) is 14.7. The van der Waals surface area contributed by atoms with E-state index in [1.54, 1.807) is 0 Å². The Balaban J connectivity index is 1.72. The van der Waals surface area contributed by atoms with Gasteiger partial charge in [0.25, 0.3) is 0 Å². The van der Waals surface area contributed by atoms with Crippen molar-refractivity contribution in [3.8, 4) is 0 Å². The predicted molar refractivity (Wildman–Crippen MR) is 90.1 cm³/mol. The second kappa shape index (κ2) is 6.25. The van der Waals surface area contributed by atoms with Crippen molar-refractivity contribution in [3.05, 3.63) is 35.6 Å². The Kier molecular flexibility index (Phi) is 4.17. The topological polar surface area (TPSA) is 96.3 Å². The number of benzene rings is 1. The highest BCUT2D eigenvalue weighted by Gasteiger charge is 2.21. The highest BCUT2D eigenvalue weighted by atomic mass is 35.5. The number of hydrazine groups is 1. The molecule has 0 saturated carbocycles. The molecule has 1 aliphatic rings. The summed E-state index contributed by atoms with van der Waals surface area (Å²) in [5.74, 6) is 6.56. The number of hydrogen-bond donors (Lipinski definition) is 3. The minimum Gasteiger partial charge on any atom is -0.393 e. The number of nitrogens with one attached hydrogen (secondary N) is 1. The van der Waals surface area contributed by atoms with E-state index in [1.165, 1.54) is 6.33 Å². The second-order valence-electron chi connectivity index (χ2n) is 5.06. The molecule has 1 aromatic carbocycles. The zero-order valence-corrected chi connectivity index (χ0v) is 12.8. The molecule has 0 amide bonds. The van der Waals surface area contributed by atoms with E-state index in [2.05, 4.69) is 31.3 Å². The summed E-state index contributed by atoms with van der Waals surface area (Å²) in [4.78, 5) is 12.7. The molecule has 22 heavy (non-hydrogen) atoms. The van der Waals surface area contributed by atoms with Crippen molar-refractivity contribution >= 4 is 34.6 Å². The van der Waals surface area contributed by atoms with E-state index in [9.17, 15) is 0 Å². The number of anilines is 4. The van der Waals surface area contributed by atoms with Gasteiger partial charge in [-0.15, -0.1) is 0 Å². The Hall–Kier alpha value is -2.25. The summed E-state index contributed by atoms with van der Waals surface area (Å²) < 4.78 is 0. The van der Waals surface area contributed by atoms with Crippen molar-refractivity contribution in [1.29, 1.82) is 0 Å². The molecule has 116 valence electrons. The average molecular weight is 320 g/mol. The van der Waals surface area contributed by atoms with Crippen LogP contribution in [-0.4, -0.2) is 36.1 Å². The minimum atomic E-state index is 0.447. The van der Waals surface area contributed by atoms with E-state index in [0.717, 1.165) is 36.9 Å². The number of aromatic nitrogens is 2. The first-order chi connectivity index (χ1) is 10.7. The molecule has 1 aliphatic heterocycles. The molecular weight excluding hydrogens is 302 g/mol. The lowest BCUT2D eigenvalue weighted by Crippen LogP contribution is -2.47. The summed E-state index contributed by atoms with van der Waals surface area (Å²) in [5, 5.41) is 0.749.